The molecule has 3 atom stereocenters. The molecule has 3 nitrogen and oxygen atoms in total. The normalized spacial score (nSPS) is 24.8. The van der Waals surface area contributed by atoms with Gasteiger partial charge in [-0.05, 0) is 58.2 Å². The van der Waals surface area contributed by atoms with Gasteiger partial charge in [0.1, 0.15) is 5.75 Å². The van der Waals surface area contributed by atoms with Gasteiger partial charge in [-0.3, -0.25) is 4.90 Å². The van der Waals surface area contributed by atoms with Crippen LogP contribution in [0.25, 0.3) is 0 Å². The topological polar surface area (TPSA) is 32.7 Å². The molecule has 0 radical (unpaired) electrons. The van der Waals surface area contributed by atoms with Crippen LogP contribution >= 0.6 is 0 Å². The lowest BCUT2D eigenvalue weighted by atomic mass is 9.96. The van der Waals surface area contributed by atoms with Gasteiger partial charge in [0.05, 0.1) is 12.7 Å². The first-order valence-corrected chi connectivity index (χ1v) is 8.22. The van der Waals surface area contributed by atoms with Gasteiger partial charge in [0, 0.05) is 24.2 Å². The molecule has 3 heteroatoms. The second-order valence-corrected chi connectivity index (χ2v) is 6.28. The van der Waals surface area contributed by atoms with Crippen molar-refractivity contribution in [1.29, 1.82) is 0 Å². The van der Waals surface area contributed by atoms with E-state index in [4.69, 9.17) is 4.74 Å². The number of nitrogens with zero attached hydrogens (tertiary/aromatic N) is 1. The smallest absolute Gasteiger partial charge is 0.123 e. The van der Waals surface area contributed by atoms with Gasteiger partial charge in [-0.2, -0.15) is 0 Å². The molecule has 0 aliphatic carbocycles. The van der Waals surface area contributed by atoms with Gasteiger partial charge in [-0.15, -0.1) is 0 Å². The van der Waals surface area contributed by atoms with Crippen molar-refractivity contribution >= 4 is 0 Å². The van der Waals surface area contributed by atoms with Crippen molar-refractivity contribution in [1.82, 2.24) is 4.90 Å². The maximum Gasteiger partial charge on any atom is 0.123 e. The Labute approximate surface area is 128 Å². The van der Waals surface area contributed by atoms with Crippen molar-refractivity contribution in [2.24, 2.45) is 0 Å². The van der Waals surface area contributed by atoms with E-state index in [1.165, 1.54) is 24.8 Å². The first-order chi connectivity index (χ1) is 10.0. The van der Waals surface area contributed by atoms with Crippen LogP contribution in [-0.2, 0) is 6.54 Å². The summed E-state index contributed by atoms with van der Waals surface area (Å²) in [5, 5.41) is 9.82. The summed E-state index contributed by atoms with van der Waals surface area (Å²) in [5.74, 6) is 0.951. The lowest BCUT2D eigenvalue weighted by Crippen LogP contribution is -2.43. The van der Waals surface area contributed by atoms with Gasteiger partial charge in [0.15, 0.2) is 0 Å². The van der Waals surface area contributed by atoms with E-state index in [0.717, 1.165) is 17.9 Å². The van der Waals surface area contributed by atoms with Crippen molar-refractivity contribution < 1.29 is 9.84 Å². The number of hydrogen-bond acceptors (Lipinski definition) is 3. The first kappa shape index (κ1) is 16.3. The fourth-order valence-corrected chi connectivity index (χ4v) is 3.26. The summed E-state index contributed by atoms with van der Waals surface area (Å²) in [6.07, 6.45) is 3.43. The second kappa shape index (κ2) is 7.28. The summed E-state index contributed by atoms with van der Waals surface area (Å²) in [5.41, 5.74) is 2.15. The van der Waals surface area contributed by atoms with Crippen LogP contribution in [0.4, 0.5) is 0 Å². The molecule has 21 heavy (non-hydrogen) atoms. The molecule has 0 bridgehead atoms. The predicted octanol–water partition coefficient (Wildman–Crippen LogP) is 3.90. The highest BCUT2D eigenvalue weighted by Gasteiger charge is 2.25. The lowest BCUT2D eigenvalue weighted by Gasteiger charge is -2.39. The maximum atomic E-state index is 9.82. The Morgan fingerprint density at radius 1 is 1.29 bits per heavy atom. The molecule has 1 aromatic carbocycles. The third-order valence-electron chi connectivity index (χ3n) is 4.60. The SMILES string of the molecule is CCOc1ccc(C(C)O)cc1CN1C(C)CCCC1C. The molecule has 0 spiro atoms. The summed E-state index contributed by atoms with van der Waals surface area (Å²) < 4.78 is 5.78. The monoisotopic (exact) mass is 291 g/mol. The second-order valence-electron chi connectivity index (χ2n) is 6.28. The number of rotatable bonds is 5. The van der Waals surface area contributed by atoms with E-state index in [1.54, 1.807) is 0 Å². The van der Waals surface area contributed by atoms with Crippen LogP contribution < -0.4 is 4.74 Å². The molecule has 0 saturated carbocycles. The summed E-state index contributed by atoms with van der Waals surface area (Å²) in [6, 6.07) is 7.28. The molecule has 1 fully saturated rings. The van der Waals surface area contributed by atoms with Gasteiger partial charge in [0.2, 0.25) is 0 Å². The molecular formula is C18H29NO2. The highest BCUT2D eigenvalue weighted by Crippen LogP contribution is 2.29. The van der Waals surface area contributed by atoms with E-state index in [1.807, 2.05) is 26.0 Å². The van der Waals surface area contributed by atoms with E-state index in [9.17, 15) is 5.11 Å². The zero-order chi connectivity index (χ0) is 15.4. The van der Waals surface area contributed by atoms with Crippen molar-refractivity contribution in [2.45, 2.75) is 71.7 Å². The third-order valence-corrected chi connectivity index (χ3v) is 4.60. The molecule has 0 aromatic heterocycles. The molecule has 1 aliphatic heterocycles. The van der Waals surface area contributed by atoms with Crippen molar-refractivity contribution in [3.63, 3.8) is 0 Å². The van der Waals surface area contributed by atoms with Crippen molar-refractivity contribution in [3.8, 4) is 5.75 Å². The maximum absolute atomic E-state index is 9.82. The Kier molecular flexibility index (Phi) is 5.65. The van der Waals surface area contributed by atoms with E-state index < -0.39 is 6.10 Å². The number of ether oxygens (including phenoxy) is 1. The van der Waals surface area contributed by atoms with Crippen LogP contribution in [-0.4, -0.2) is 28.7 Å². The molecule has 1 N–H and O–H groups in total. The van der Waals surface area contributed by atoms with E-state index >= 15 is 0 Å². The molecule has 1 saturated heterocycles. The standard InChI is InChI=1S/C18H29NO2/c1-5-21-18-10-9-16(15(4)20)11-17(18)12-19-13(2)7-6-8-14(19)3/h9-11,13-15,20H,5-8,12H2,1-4H3. The van der Waals surface area contributed by atoms with E-state index in [2.05, 4.69) is 24.8 Å². The molecule has 1 aromatic rings. The summed E-state index contributed by atoms with van der Waals surface area (Å²) in [4.78, 5) is 2.56. The molecular weight excluding hydrogens is 262 g/mol. The molecule has 118 valence electrons. The largest absolute Gasteiger partial charge is 0.494 e. The Morgan fingerprint density at radius 2 is 1.95 bits per heavy atom. The van der Waals surface area contributed by atoms with E-state index in [-0.39, 0.29) is 0 Å². The Morgan fingerprint density at radius 3 is 2.52 bits per heavy atom. The zero-order valence-electron chi connectivity index (χ0n) is 13.8. The zero-order valence-corrected chi connectivity index (χ0v) is 13.8. The number of aliphatic hydroxyl groups is 1. The van der Waals surface area contributed by atoms with Crippen LogP contribution in [0.2, 0.25) is 0 Å². The number of piperidine rings is 1. The Hall–Kier alpha value is -1.06. The third kappa shape index (κ3) is 3.98. The highest BCUT2D eigenvalue weighted by atomic mass is 16.5. The molecule has 3 unspecified atom stereocenters. The van der Waals surface area contributed by atoms with Crippen molar-refractivity contribution in [3.05, 3.63) is 29.3 Å². The Balaban J connectivity index is 2.24. The van der Waals surface area contributed by atoms with E-state index in [0.29, 0.717) is 18.7 Å². The number of aliphatic hydroxyl groups excluding tert-OH is 1. The van der Waals surface area contributed by atoms with Crippen molar-refractivity contribution in [2.75, 3.05) is 6.61 Å². The number of hydrogen-bond donors (Lipinski definition) is 1. The summed E-state index contributed by atoms with van der Waals surface area (Å²) in [7, 11) is 0. The van der Waals surface area contributed by atoms with Crippen LogP contribution in [0, 0.1) is 0 Å². The fraction of sp³-hybridized carbons (Fsp3) is 0.667. The molecule has 1 aliphatic rings. The number of likely N-dealkylation sites (tertiary alicyclic amines) is 1. The van der Waals surface area contributed by atoms with Crippen LogP contribution in [0.15, 0.2) is 18.2 Å². The lowest BCUT2D eigenvalue weighted by molar-refractivity contribution is 0.0939. The van der Waals surface area contributed by atoms with Crippen LogP contribution in [0.1, 0.15) is 64.2 Å². The van der Waals surface area contributed by atoms with Gasteiger partial charge in [-0.25, -0.2) is 0 Å². The average molecular weight is 291 g/mol. The summed E-state index contributed by atoms with van der Waals surface area (Å²) >= 11 is 0. The van der Waals surface area contributed by atoms with Gasteiger partial charge in [0.25, 0.3) is 0 Å². The number of benzene rings is 1. The molecule has 0 amide bonds. The highest BCUT2D eigenvalue weighted by molar-refractivity contribution is 5.38. The van der Waals surface area contributed by atoms with Gasteiger partial charge in [-0.1, -0.05) is 12.5 Å². The van der Waals surface area contributed by atoms with Gasteiger partial charge < -0.3 is 9.84 Å². The minimum Gasteiger partial charge on any atom is -0.494 e. The predicted molar refractivity (Wildman–Crippen MR) is 86.6 cm³/mol. The van der Waals surface area contributed by atoms with Gasteiger partial charge >= 0.3 is 0 Å². The first-order valence-electron chi connectivity index (χ1n) is 8.22. The molecule has 2 rings (SSSR count). The minimum absolute atomic E-state index is 0.435. The minimum atomic E-state index is -0.435. The van der Waals surface area contributed by atoms with Crippen LogP contribution in [0.5, 0.6) is 5.75 Å². The average Bonchev–Trinajstić information content (AvgIpc) is 2.44. The van der Waals surface area contributed by atoms with Crippen LogP contribution in [0.3, 0.4) is 0 Å². The quantitative estimate of drug-likeness (QED) is 0.893. The Bertz CT molecular complexity index is 449. The summed E-state index contributed by atoms with van der Waals surface area (Å²) in [6.45, 7) is 10.0. The molecule has 1 heterocycles. The fourth-order valence-electron chi connectivity index (χ4n) is 3.26.